The molecule has 14 heavy (non-hydrogen) atoms. The summed E-state index contributed by atoms with van der Waals surface area (Å²) in [6.07, 6.45) is -2.69. The molecule has 0 aromatic rings. The molecule has 1 atom stereocenters. The van der Waals surface area contributed by atoms with Crippen molar-refractivity contribution in [3.05, 3.63) is 0 Å². The lowest BCUT2D eigenvalue weighted by atomic mass is 10.2. The zero-order valence-electron chi connectivity index (χ0n) is 6.99. The minimum Gasteiger partial charge on any atom is -0.481 e. The molecule has 0 bridgehead atoms. The number of hydrogen-bond acceptors (Lipinski definition) is 5. The van der Waals surface area contributed by atoms with E-state index >= 15 is 0 Å². The summed E-state index contributed by atoms with van der Waals surface area (Å²) in [5, 5.41) is 8.19. The van der Waals surface area contributed by atoms with Gasteiger partial charge in [0.1, 0.15) is 0 Å². The fourth-order valence-electron chi connectivity index (χ4n) is 0.579. The van der Waals surface area contributed by atoms with Crippen LogP contribution in [-0.4, -0.2) is 32.9 Å². The lowest BCUT2D eigenvalue weighted by Gasteiger charge is -2.11. The average Bonchev–Trinajstić information content (AvgIpc) is 1.96. The number of phosphoric ester groups is 1. The molecular formula is C5H10NO7P. The minimum absolute atomic E-state index is 0.434. The largest absolute Gasteiger partial charge is 0.481 e. The first-order valence-corrected chi connectivity index (χ1v) is 4.99. The van der Waals surface area contributed by atoms with Gasteiger partial charge in [0, 0.05) is 6.42 Å². The molecule has 0 aliphatic rings. The van der Waals surface area contributed by atoms with Crippen molar-refractivity contribution in [1.82, 2.24) is 0 Å². The number of Topliss-reactive ketones (excluding diaryl/α,β-unsaturated/α-hetero) is 1. The number of carbonyl (C=O) groups is 2. The van der Waals surface area contributed by atoms with Gasteiger partial charge in [0.05, 0.1) is 6.42 Å². The number of carbonyl (C=O) groups excluding carboxylic acids is 1. The number of carboxylic acids is 1. The number of phosphoric acid groups is 1. The predicted molar refractivity (Wildman–Crippen MR) is 43.0 cm³/mol. The maximum absolute atomic E-state index is 10.9. The predicted octanol–water partition coefficient (Wildman–Crippen LogP) is -1.19. The molecule has 9 heteroatoms. The van der Waals surface area contributed by atoms with Crippen molar-refractivity contribution in [2.75, 3.05) is 0 Å². The SMILES string of the molecule is NC(OP(=O)(O)O)C(=O)CCC(=O)O. The third-order valence-electron chi connectivity index (χ3n) is 1.15. The first-order valence-electron chi connectivity index (χ1n) is 3.46. The average molecular weight is 227 g/mol. The molecule has 0 saturated heterocycles. The highest BCUT2D eigenvalue weighted by Crippen LogP contribution is 2.36. The minimum atomic E-state index is -4.82. The van der Waals surface area contributed by atoms with Crippen LogP contribution in [0.4, 0.5) is 0 Å². The van der Waals surface area contributed by atoms with Crippen LogP contribution in [0.2, 0.25) is 0 Å². The Bertz CT molecular complexity index is 271. The third-order valence-corrected chi connectivity index (χ3v) is 1.66. The maximum Gasteiger partial charge on any atom is 0.471 e. The summed E-state index contributed by atoms with van der Waals surface area (Å²) < 4.78 is 14.0. The van der Waals surface area contributed by atoms with E-state index in [2.05, 4.69) is 4.52 Å². The van der Waals surface area contributed by atoms with E-state index in [-0.39, 0.29) is 0 Å². The van der Waals surface area contributed by atoms with E-state index in [1.165, 1.54) is 0 Å². The van der Waals surface area contributed by atoms with Crippen LogP contribution < -0.4 is 5.73 Å². The second kappa shape index (κ2) is 5.18. The van der Waals surface area contributed by atoms with Crippen molar-refractivity contribution in [3.8, 4) is 0 Å². The Balaban J connectivity index is 4.01. The molecule has 0 rings (SSSR count). The summed E-state index contributed by atoms with van der Waals surface area (Å²) in [7, 11) is -4.82. The molecule has 0 saturated carbocycles. The van der Waals surface area contributed by atoms with E-state index in [9.17, 15) is 14.2 Å². The molecule has 8 nitrogen and oxygen atoms in total. The molecule has 1 unspecified atom stereocenters. The monoisotopic (exact) mass is 227 g/mol. The Hall–Kier alpha value is -0.790. The first-order chi connectivity index (χ1) is 6.22. The summed E-state index contributed by atoms with van der Waals surface area (Å²) in [4.78, 5) is 37.4. The van der Waals surface area contributed by atoms with Crippen molar-refractivity contribution in [2.45, 2.75) is 19.1 Å². The molecule has 0 aliphatic carbocycles. The summed E-state index contributed by atoms with van der Waals surface area (Å²) in [6, 6.07) is 0. The normalized spacial score (nSPS) is 13.6. The maximum atomic E-state index is 10.9. The van der Waals surface area contributed by atoms with Gasteiger partial charge in [0.15, 0.2) is 12.0 Å². The van der Waals surface area contributed by atoms with Gasteiger partial charge in [-0.3, -0.25) is 19.8 Å². The molecular weight excluding hydrogens is 217 g/mol. The topological polar surface area (TPSA) is 147 Å². The molecule has 82 valence electrons. The lowest BCUT2D eigenvalue weighted by Crippen LogP contribution is -2.32. The number of aliphatic carboxylic acids is 1. The first kappa shape index (κ1) is 13.2. The molecule has 0 spiro atoms. The summed E-state index contributed by atoms with van der Waals surface area (Å²) in [5.41, 5.74) is 4.93. The quantitative estimate of drug-likeness (QED) is 0.327. The van der Waals surface area contributed by atoms with Gasteiger partial charge < -0.3 is 14.9 Å². The second-order valence-corrected chi connectivity index (χ2v) is 3.57. The second-order valence-electron chi connectivity index (χ2n) is 2.38. The Morgan fingerprint density at radius 1 is 1.36 bits per heavy atom. The van der Waals surface area contributed by atoms with Crippen LogP contribution in [0.3, 0.4) is 0 Å². The number of nitrogens with two attached hydrogens (primary N) is 1. The van der Waals surface area contributed by atoms with Crippen molar-refractivity contribution in [3.63, 3.8) is 0 Å². The van der Waals surface area contributed by atoms with Crippen LogP contribution in [-0.2, 0) is 18.7 Å². The third kappa shape index (κ3) is 6.70. The van der Waals surface area contributed by atoms with Crippen molar-refractivity contribution < 1.29 is 33.6 Å². The fourth-order valence-corrected chi connectivity index (χ4v) is 0.993. The van der Waals surface area contributed by atoms with Gasteiger partial charge in [-0.25, -0.2) is 4.57 Å². The summed E-state index contributed by atoms with van der Waals surface area (Å²) in [6.45, 7) is 0. The van der Waals surface area contributed by atoms with E-state index in [0.29, 0.717) is 0 Å². The highest BCUT2D eigenvalue weighted by molar-refractivity contribution is 7.46. The number of ketones is 1. The van der Waals surface area contributed by atoms with E-state index in [0.717, 1.165) is 0 Å². The Labute approximate surface area is 78.9 Å². The van der Waals surface area contributed by atoms with E-state index in [4.69, 9.17) is 20.6 Å². The molecule has 0 aliphatic heterocycles. The van der Waals surface area contributed by atoms with Crippen LogP contribution in [0.5, 0.6) is 0 Å². The van der Waals surface area contributed by atoms with E-state index in [1.807, 2.05) is 0 Å². The highest BCUT2D eigenvalue weighted by Gasteiger charge is 2.24. The zero-order valence-corrected chi connectivity index (χ0v) is 7.89. The molecule has 0 fully saturated rings. The molecule has 0 aromatic heterocycles. The van der Waals surface area contributed by atoms with Crippen LogP contribution >= 0.6 is 7.82 Å². The van der Waals surface area contributed by atoms with Gasteiger partial charge in [-0.15, -0.1) is 0 Å². The Morgan fingerprint density at radius 3 is 2.21 bits per heavy atom. The lowest BCUT2D eigenvalue weighted by molar-refractivity contribution is -0.139. The van der Waals surface area contributed by atoms with Gasteiger partial charge in [-0.2, -0.15) is 0 Å². The summed E-state index contributed by atoms with van der Waals surface area (Å²) >= 11 is 0. The van der Waals surface area contributed by atoms with Gasteiger partial charge in [-0.1, -0.05) is 0 Å². The smallest absolute Gasteiger partial charge is 0.471 e. The van der Waals surface area contributed by atoms with Crippen molar-refractivity contribution in [1.29, 1.82) is 0 Å². The van der Waals surface area contributed by atoms with E-state index < -0.39 is 38.6 Å². The highest BCUT2D eigenvalue weighted by atomic mass is 31.2. The molecule has 5 N–H and O–H groups in total. The molecule has 0 amide bonds. The van der Waals surface area contributed by atoms with Gasteiger partial charge in [0.25, 0.3) is 0 Å². The van der Waals surface area contributed by atoms with Crippen LogP contribution in [0, 0.1) is 0 Å². The fraction of sp³-hybridized carbons (Fsp3) is 0.600. The van der Waals surface area contributed by atoms with E-state index in [1.54, 1.807) is 0 Å². The molecule has 0 heterocycles. The van der Waals surface area contributed by atoms with Gasteiger partial charge in [0.2, 0.25) is 0 Å². The Kier molecular flexibility index (Phi) is 4.89. The number of hydrogen-bond donors (Lipinski definition) is 4. The molecule has 0 aromatic carbocycles. The number of carboxylic acid groups (broad SMARTS) is 1. The number of rotatable bonds is 6. The van der Waals surface area contributed by atoms with Crippen LogP contribution in [0.25, 0.3) is 0 Å². The zero-order chi connectivity index (χ0) is 11.4. The van der Waals surface area contributed by atoms with Crippen LogP contribution in [0.15, 0.2) is 0 Å². The standard InChI is InChI=1S/C5H10NO7P/c6-5(13-14(10,11)12)3(7)1-2-4(8)9/h5H,1-2,6H2,(H,8,9)(H2,10,11,12). The van der Waals surface area contributed by atoms with Gasteiger partial charge >= 0.3 is 13.8 Å². The van der Waals surface area contributed by atoms with Crippen molar-refractivity contribution >= 4 is 19.6 Å². The van der Waals surface area contributed by atoms with Gasteiger partial charge in [-0.05, 0) is 0 Å². The molecule has 0 radical (unpaired) electrons. The van der Waals surface area contributed by atoms with Crippen LogP contribution in [0.1, 0.15) is 12.8 Å². The summed E-state index contributed by atoms with van der Waals surface area (Å²) in [5.74, 6) is -2.09. The van der Waals surface area contributed by atoms with Crippen molar-refractivity contribution in [2.24, 2.45) is 5.73 Å². The Morgan fingerprint density at radius 2 is 1.86 bits per heavy atom.